The molecule has 0 spiro atoms. The maximum atomic E-state index is 10.2. The molecule has 0 fully saturated rings. The van der Waals surface area contributed by atoms with Gasteiger partial charge in [0.25, 0.3) is 0 Å². The molecule has 3 aromatic carbocycles. The van der Waals surface area contributed by atoms with Gasteiger partial charge in [0.15, 0.2) is 0 Å². The molecule has 3 aromatic rings. The second-order valence-corrected chi connectivity index (χ2v) is 10.7. The lowest BCUT2D eigenvalue weighted by molar-refractivity contribution is -0.0529. The van der Waals surface area contributed by atoms with Crippen LogP contribution in [0.25, 0.3) is 21.9 Å². The van der Waals surface area contributed by atoms with Gasteiger partial charge in [-0.05, 0) is 112 Å². The van der Waals surface area contributed by atoms with Crippen LogP contribution in [0.3, 0.4) is 0 Å². The predicted molar refractivity (Wildman–Crippen MR) is 133 cm³/mol. The lowest BCUT2D eigenvalue weighted by atomic mass is 9.86. The molecule has 1 unspecified atom stereocenters. The van der Waals surface area contributed by atoms with Gasteiger partial charge < -0.3 is 9.84 Å². The Balaban J connectivity index is 2.24. The van der Waals surface area contributed by atoms with Crippen LogP contribution < -0.4 is 0 Å². The molecule has 0 saturated heterocycles. The van der Waals surface area contributed by atoms with Crippen molar-refractivity contribution in [3.8, 4) is 11.1 Å². The van der Waals surface area contributed by atoms with Crippen LogP contribution in [-0.2, 0) is 11.2 Å². The molecule has 31 heavy (non-hydrogen) atoms. The summed E-state index contributed by atoms with van der Waals surface area (Å²) in [5.74, 6) is 0. The summed E-state index contributed by atoms with van der Waals surface area (Å²) in [6, 6.07) is 17.0. The summed E-state index contributed by atoms with van der Waals surface area (Å²) in [7, 11) is 0. The number of hydrogen-bond acceptors (Lipinski definition) is 2. The molecule has 0 amide bonds. The Morgan fingerprint density at radius 1 is 0.968 bits per heavy atom. The molecule has 0 aliphatic carbocycles. The zero-order valence-corrected chi connectivity index (χ0v) is 20.6. The average molecular weight is 439 g/mol. The van der Waals surface area contributed by atoms with Crippen LogP contribution in [0.15, 0.2) is 48.5 Å². The first kappa shape index (κ1) is 23.8. The number of benzene rings is 3. The first-order valence-corrected chi connectivity index (χ1v) is 11.4. The number of ether oxygens (including phenoxy) is 1. The molecule has 2 nitrogen and oxygen atoms in total. The highest BCUT2D eigenvalue weighted by molar-refractivity contribution is 6.30. The van der Waals surface area contributed by atoms with E-state index in [1.807, 2.05) is 26.0 Å². The lowest BCUT2D eigenvalue weighted by Crippen LogP contribution is -2.22. The van der Waals surface area contributed by atoms with Gasteiger partial charge in [-0.25, -0.2) is 0 Å². The van der Waals surface area contributed by atoms with Crippen LogP contribution in [-0.4, -0.2) is 16.3 Å². The molecule has 3 rings (SSSR count). The number of hydrogen-bond donors (Lipinski definition) is 1. The summed E-state index contributed by atoms with van der Waals surface area (Å²) in [5.41, 5.74) is 5.08. The van der Waals surface area contributed by atoms with Crippen LogP contribution in [0.2, 0.25) is 5.02 Å². The van der Waals surface area contributed by atoms with Crippen molar-refractivity contribution in [3.63, 3.8) is 0 Å². The van der Waals surface area contributed by atoms with Crippen molar-refractivity contribution in [2.24, 2.45) is 0 Å². The normalized spacial score (nSPS) is 13.6. The van der Waals surface area contributed by atoms with Gasteiger partial charge in [-0.3, -0.25) is 0 Å². The zero-order valence-electron chi connectivity index (χ0n) is 19.8. The molecular formula is C28H35ClO2. The van der Waals surface area contributed by atoms with Gasteiger partial charge >= 0.3 is 0 Å². The Morgan fingerprint density at radius 3 is 2.19 bits per heavy atom. The number of halogens is 1. The topological polar surface area (TPSA) is 29.5 Å². The molecule has 1 N–H and O–H groups in total. The number of aryl methyl sites for hydroxylation is 2. The number of fused-ring (bicyclic) bond motifs is 1. The lowest BCUT2D eigenvalue weighted by Gasteiger charge is -2.29. The maximum Gasteiger partial charge on any atom is 0.0812 e. The zero-order chi connectivity index (χ0) is 23.0. The summed E-state index contributed by atoms with van der Waals surface area (Å²) in [6.45, 7) is 14.3. The van der Waals surface area contributed by atoms with Crippen LogP contribution in [0.1, 0.15) is 70.8 Å². The first-order valence-electron chi connectivity index (χ1n) is 11.1. The summed E-state index contributed by atoms with van der Waals surface area (Å²) in [6.07, 6.45) is 1.49. The predicted octanol–water partition coefficient (Wildman–Crippen LogP) is 8.05. The third-order valence-corrected chi connectivity index (χ3v) is 5.80. The maximum absolute atomic E-state index is 10.2. The van der Waals surface area contributed by atoms with E-state index in [-0.39, 0.29) is 11.7 Å². The van der Waals surface area contributed by atoms with Crippen LogP contribution >= 0.6 is 11.6 Å². The fourth-order valence-electron chi connectivity index (χ4n) is 4.25. The van der Waals surface area contributed by atoms with E-state index in [4.69, 9.17) is 16.3 Å². The Hall–Kier alpha value is -1.87. The number of aliphatic hydroxyl groups is 1. The van der Waals surface area contributed by atoms with Gasteiger partial charge in [-0.2, -0.15) is 0 Å². The van der Waals surface area contributed by atoms with Gasteiger partial charge in [0.05, 0.1) is 17.3 Å². The van der Waals surface area contributed by atoms with E-state index in [1.54, 1.807) is 0 Å². The molecule has 0 aliphatic rings. The van der Waals surface area contributed by atoms with Gasteiger partial charge in [0.2, 0.25) is 0 Å². The Kier molecular flexibility index (Phi) is 6.86. The highest BCUT2D eigenvalue weighted by atomic mass is 35.5. The van der Waals surface area contributed by atoms with Crippen molar-refractivity contribution in [1.82, 2.24) is 0 Å². The van der Waals surface area contributed by atoms with Crippen LogP contribution in [0.5, 0.6) is 0 Å². The molecule has 3 heteroatoms. The molecule has 0 aliphatic heterocycles. The Morgan fingerprint density at radius 2 is 1.61 bits per heavy atom. The van der Waals surface area contributed by atoms with Gasteiger partial charge in [0, 0.05) is 5.02 Å². The van der Waals surface area contributed by atoms with E-state index in [1.165, 1.54) is 33.0 Å². The van der Waals surface area contributed by atoms with Crippen molar-refractivity contribution >= 4 is 22.4 Å². The second kappa shape index (κ2) is 8.94. The Labute approximate surface area is 192 Å². The average Bonchev–Trinajstić information content (AvgIpc) is 2.64. The minimum atomic E-state index is -0.679. The smallest absolute Gasteiger partial charge is 0.0812 e. The van der Waals surface area contributed by atoms with Crippen molar-refractivity contribution in [1.29, 1.82) is 0 Å². The highest BCUT2D eigenvalue weighted by Crippen LogP contribution is 2.40. The van der Waals surface area contributed by atoms with Crippen molar-refractivity contribution in [2.75, 3.05) is 0 Å². The monoisotopic (exact) mass is 438 g/mol. The molecule has 1 atom stereocenters. The standard InChI is InChI=1S/C28H35ClO2/c1-18-16-22-9-8-20(14-15-28(6,7)30)17-24(22)26(21-10-12-23(29)13-11-21)25(18)19(2)31-27(3,4)5/h8-13,16-17,19,30H,14-15H2,1-7H3. The SMILES string of the molecule is Cc1cc2ccc(CCC(C)(C)O)cc2c(-c2ccc(Cl)cc2)c1C(C)OC(C)(C)C. The van der Waals surface area contributed by atoms with Gasteiger partial charge in [0.1, 0.15) is 0 Å². The van der Waals surface area contributed by atoms with Crippen molar-refractivity contribution in [3.05, 3.63) is 70.2 Å². The summed E-state index contributed by atoms with van der Waals surface area (Å²) < 4.78 is 6.40. The molecule has 0 aromatic heterocycles. The largest absolute Gasteiger partial charge is 0.390 e. The van der Waals surface area contributed by atoms with Crippen LogP contribution in [0.4, 0.5) is 0 Å². The van der Waals surface area contributed by atoms with Crippen molar-refractivity contribution < 1.29 is 9.84 Å². The van der Waals surface area contributed by atoms with Gasteiger partial charge in [-0.1, -0.05) is 48.0 Å². The number of rotatable bonds is 6. The van der Waals surface area contributed by atoms with E-state index in [0.29, 0.717) is 0 Å². The van der Waals surface area contributed by atoms with E-state index < -0.39 is 5.60 Å². The summed E-state index contributed by atoms with van der Waals surface area (Å²) in [5, 5.41) is 13.3. The summed E-state index contributed by atoms with van der Waals surface area (Å²) >= 11 is 6.20. The third-order valence-electron chi connectivity index (χ3n) is 5.55. The third kappa shape index (κ3) is 6.10. The van der Waals surface area contributed by atoms with E-state index in [9.17, 15) is 5.11 Å². The fraction of sp³-hybridized carbons (Fsp3) is 0.429. The van der Waals surface area contributed by atoms with E-state index in [0.717, 1.165) is 23.4 Å². The van der Waals surface area contributed by atoms with Gasteiger partial charge in [-0.15, -0.1) is 0 Å². The molecule has 166 valence electrons. The molecule has 0 saturated carbocycles. The quantitative estimate of drug-likeness (QED) is 0.421. The highest BCUT2D eigenvalue weighted by Gasteiger charge is 2.23. The first-order chi connectivity index (χ1) is 14.3. The minimum absolute atomic E-state index is 0.0601. The van der Waals surface area contributed by atoms with Crippen molar-refractivity contribution in [2.45, 2.75) is 78.6 Å². The molecule has 0 heterocycles. The van der Waals surface area contributed by atoms with E-state index >= 15 is 0 Å². The molecule has 0 bridgehead atoms. The summed E-state index contributed by atoms with van der Waals surface area (Å²) in [4.78, 5) is 0. The fourth-order valence-corrected chi connectivity index (χ4v) is 4.37. The second-order valence-electron chi connectivity index (χ2n) is 10.2. The Bertz CT molecular complexity index is 1050. The molecular weight excluding hydrogens is 404 g/mol. The minimum Gasteiger partial charge on any atom is -0.390 e. The van der Waals surface area contributed by atoms with Crippen LogP contribution in [0, 0.1) is 6.92 Å². The van der Waals surface area contributed by atoms with E-state index in [2.05, 4.69) is 71.0 Å². The molecule has 0 radical (unpaired) electrons.